The van der Waals surface area contributed by atoms with Crippen LogP contribution in [0.25, 0.3) is 0 Å². The largest absolute Gasteiger partial charge is 0.205 e. The maximum atomic E-state index is 2.31. The molecule has 0 nitrogen and oxygen atoms in total. The zero-order valence-electron chi connectivity index (χ0n) is 10.8. The van der Waals surface area contributed by atoms with Crippen molar-refractivity contribution >= 4 is 17.1 Å². The van der Waals surface area contributed by atoms with Crippen molar-refractivity contribution in [3.05, 3.63) is 60.7 Å². The van der Waals surface area contributed by atoms with Crippen molar-refractivity contribution in [2.24, 2.45) is 0 Å². The summed E-state index contributed by atoms with van der Waals surface area (Å²) in [6.45, 7) is 4.62. The fourth-order valence-electron chi connectivity index (χ4n) is 3.07. The van der Waals surface area contributed by atoms with Gasteiger partial charge in [-0.05, 0) is 0 Å². The summed E-state index contributed by atoms with van der Waals surface area (Å²) in [4.78, 5) is 0. The second kappa shape index (κ2) is 5.22. The second-order valence-electron chi connectivity index (χ2n) is 4.89. The summed E-state index contributed by atoms with van der Waals surface area (Å²) in [5.74, 6) is 0. The Morgan fingerprint density at radius 3 is 1.29 bits per heavy atom. The molecule has 0 spiro atoms. The third-order valence-corrected chi connectivity index (χ3v) is 4.27. The Labute approximate surface area is 105 Å². The molecule has 2 rings (SSSR count). The van der Waals surface area contributed by atoms with Crippen LogP contribution in [0.3, 0.4) is 0 Å². The highest BCUT2D eigenvalue weighted by molar-refractivity contribution is 7.02. The van der Waals surface area contributed by atoms with Gasteiger partial charge < -0.3 is 0 Å². The van der Waals surface area contributed by atoms with Gasteiger partial charge in [0.2, 0.25) is 0 Å². The smallest absolute Gasteiger partial charge is 0.0538 e. The van der Waals surface area contributed by atoms with E-state index in [2.05, 4.69) is 74.5 Å². The van der Waals surface area contributed by atoms with Crippen LogP contribution in [0.15, 0.2) is 60.7 Å². The first-order valence-corrected chi connectivity index (χ1v) is 6.63. The monoisotopic (exact) mass is 223 g/mol. The summed E-state index contributed by atoms with van der Waals surface area (Å²) in [7, 11) is 0. The van der Waals surface area contributed by atoms with E-state index >= 15 is 0 Å². The standard InChI is InChI=1S/C16H20B/c1-3-17(4-2,15-11-7-5-8-12-15)16-13-9-6-10-14-16/h5-14H,3-4H2,1-2H3/q-1. The summed E-state index contributed by atoms with van der Waals surface area (Å²) < 4.78 is 0. The fourth-order valence-corrected chi connectivity index (χ4v) is 3.07. The van der Waals surface area contributed by atoms with Crippen LogP contribution in [0.5, 0.6) is 0 Å². The SMILES string of the molecule is CC[B-](CC)(c1ccccc1)c1ccccc1. The maximum absolute atomic E-state index is 2.31. The van der Waals surface area contributed by atoms with Crippen molar-refractivity contribution in [3.63, 3.8) is 0 Å². The zero-order valence-corrected chi connectivity index (χ0v) is 10.8. The summed E-state index contributed by atoms with van der Waals surface area (Å²) in [5.41, 5.74) is 2.98. The van der Waals surface area contributed by atoms with Gasteiger partial charge >= 0.3 is 0 Å². The number of benzene rings is 2. The normalized spacial score (nSPS) is 11.4. The Morgan fingerprint density at radius 2 is 1.00 bits per heavy atom. The number of hydrogen-bond acceptors (Lipinski definition) is 0. The minimum Gasteiger partial charge on any atom is -0.205 e. The Morgan fingerprint density at radius 1 is 0.647 bits per heavy atom. The Kier molecular flexibility index (Phi) is 3.68. The van der Waals surface area contributed by atoms with Crippen LogP contribution < -0.4 is 10.9 Å². The summed E-state index contributed by atoms with van der Waals surface area (Å²) >= 11 is 0. The molecule has 0 fully saturated rings. The molecule has 1 heteroatoms. The quantitative estimate of drug-likeness (QED) is 0.697. The molecule has 0 unspecified atom stereocenters. The van der Waals surface area contributed by atoms with E-state index in [9.17, 15) is 0 Å². The van der Waals surface area contributed by atoms with Crippen LogP contribution in [0.4, 0.5) is 0 Å². The van der Waals surface area contributed by atoms with E-state index in [1.807, 2.05) is 0 Å². The number of rotatable bonds is 4. The molecule has 0 saturated carbocycles. The molecule has 0 amide bonds. The Balaban J connectivity index is 2.54. The van der Waals surface area contributed by atoms with E-state index in [1.54, 1.807) is 0 Å². The van der Waals surface area contributed by atoms with Crippen LogP contribution >= 0.6 is 0 Å². The predicted octanol–water partition coefficient (Wildman–Crippen LogP) is 3.29. The first-order valence-electron chi connectivity index (χ1n) is 6.63. The Bertz CT molecular complexity index is 402. The van der Waals surface area contributed by atoms with Gasteiger partial charge in [-0.3, -0.25) is 0 Å². The minimum atomic E-state index is -0.580. The van der Waals surface area contributed by atoms with Crippen LogP contribution in [0, 0.1) is 0 Å². The fraction of sp³-hybridized carbons (Fsp3) is 0.250. The first-order chi connectivity index (χ1) is 8.33. The van der Waals surface area contributed by atoms with E-state index in [0.717, 1.165) is 0 Å². The molecule has 2 aromatic rings. The predicted molar refractivity (Wildman–Crippen MR) is 78.9 cm³/mol. The maximum Gasteiger partial charge on any atom is 0.0538 e. The van der Waals surface area contributed by atoms with Crippen molar-refractivity contribution in [1.82, 2.24) is 0 Å². The van der Waals surface area contributed by atoms with Gasteiger partial charge in [-0.15, -0.1) is 0 Å². The van der Waals surface area contributed by atoms with Crippen LogP contribution in [-0.4, -0.2) is 6.15 Å². The van der Waals surface area contributed by atoms with Gasteiger partial charge in [-0.2, -0.15) is 12.6 Å². The van der Waals surface area contributed by atoms with Crippen molar-refractivity contribution in [1.29, 1.82) is 0 Å². The highest BCUT2D eigenvalue weighted by Crippen LogP contribution is 2.15. The molecule has 0 aromatic heterocycles. The van der Waals surface area contributed by atoms with Gasteiger partial charge in [0.05, 0.1) is 6.15 Å². The molecule has 88 valence electrons. The molecule has 0 atom stereocenters. The zero-order chi connectivity index (χ0) is 12.1. The summed E-state index contributed by atoms with van der Waals surface area (Å²) in [5, 5.41) is 0. The van der Waals surface area contributed by atoms with Gasteiger partial charge in [0.15, 0.2) is 0 Å². The van der Waals surface area contributed by atoms with Crippen molar-refractivity contribution in [3.8, 4) is 0 Å². The highest BCUT2D eigenvalue weighted by atomic mass is 14.0. The molecular formula is C16H20B-. The lowest BCUT2D eigenvalue weighted by atomic mass is 9.16. The molecule has 2 aromatic carbocycles. The Hall–Kier alpha value is -1.50. The topological polar surface area (TPSA) is 0 Å². The average molecular weight is 223 g/mol. The van der Waals surface area contributed by atoms with Crippen molar-refractivity contribution < 1.29 is 0 Å². The lowest BCUT2D eigenvalue weighted by molar-refractivity contribution is 1.29. The molecule has 0 heterocycles. The summed E-state index contributed by atoms with van der Waals surface area (Å²) in [6.07, 6.45) is 1.82. The minimum absolute atomic E-state index is 0.580. The highest BCUT2D eigenvalue weighted by Gasteiger charge is 2.23. The average Bonchev–Trinajstić information content (AvgIpc) is 2.43. The van der Waals surface area contributed by atoms with Gasteiger partial charge in [0.1, 0.15) is 0 Å². The molecular weight excluding hydrogens is 203 g/mol. The first kappa shape index (κ1) is 12.0. The molecule has 0 N–H and O–H groups in total. The van der Waals surface area contributed by atoms with E-state index < -0.39 is 6.15 Å². The van der Waals surface area contributed by atoms with Gasteiger partial charge in [-0.25, -0.2) is 10.9 Å². The van der Waals surface area contributed by atoms with Gasteiger partial charge in [-0.1, -0.05) is 74.5 Å². The molecule has 0 aliphatic rings. The van der Waals surface area contributed by atoms with Crippen molar-refractivity contribution in [2.75, 3.05) is 0 Å². The second-order valence-corrected chi connectivity index (χ2v) is 4.89. The third-order valence-electron chi connectivity index (χ3n) is 4.27. The molecule has 0 saturated heterocycles. The van der Waals surface area contributed by atoms with Crippen LogP contribution in [0.1, 0.15) is 13.8 Å². The molecule has 0 aliphatic carbocycles. The third kappa shape index (κ3) is 2.15. The molecule has 17 heavy (non-hydrogen) atoms. The van der Waals surface area contributed by atoms with E-state index in [4.69, 9.17) is 0 Å². The summed E-state index contributed by atoms with van der Waals surface area (Å²) in [6, 6.07) is 21.9. The lowest BCUT2D eigenvalue weighted by Gasteiger charge is -2.40. The van der Waals surface area contributed by atoms with Gasteiger partial charge in [0.25, 0.3) is 0 Å². The molecule has 0 radical (unpaired) electrons. The van der Waals surface area contributed by atoms with Crippen LogP contribution in [0.2, 0.25) is 12.6 Å². The van der Waals surface area contributed by atoms with E-state index in [1.165, 1.54) is 23.6 Å². The van der Waals surface area contributed by atoms with Gasteiger partial charge in [0, 0.05) is 0 Å². The van der Waals surface area contributed by atoms with Crippen LogP contribution in [-0.2, 0) is 0 Å². The molecule has 0 aliphatic heterocycles. The lowest BCUT2D eigenvalue weighted by Crippen LogP contribution is -2.57. The molecule has 0 bridgehead atoms. The van der Waals surface area contributed by atoms with E-state index in [-0.39, 0.29) is 0 Å². The van der Waals surface area contributed by atoms with Crippen molar-refractivity contribution in [2.45, 2.75) is 26.5 Å². The number of hydrogen-bond donors (Lipinski definition) is 0. The van der Waals surface area contributed by atoms with E-state index in [0.29, 0.717) is 0 Å².